The minimum Gasteiger partial charge on any atom is -0.390 e. The summed E-state index contributed by atoms with van der Waals surface area (Å²) in [7, 11) is 3.26. The van der Waals surface area contributed by atoms with E-state index in [-0.39, 0.29) is 12.1 Å². The molecule has 180 valence electrons. The summed E-state index contributed by atoms with van der Waals surface area (Å²) in [6, 6.07) is -2.29. The number of rotatable bonds is 6. The van der Waals surface area contributed by atoms with Crippen LogP contribution in [0.15, 0.2) is 21.9 Å². The van der Waals surface area contributed by atoms with Crippen molar-refractivity contribution in [3.05, 3.63) is 11.9 Å². The van der Waals surface area contributed by atoms with Crippen LogP contribution in [0.5, 0.6) is 0 Å². The van der Waals surface area contributed by atoms with Crippen molar-refractivity contribution in [2.24, 2.45) is 9.98 Å². The molecule has 3 rings (SSSR count). The third-order valence-electron chi connectivity index (χ3n) is 6.17. The Kier molecular flexibility index (Phi) is 7.78. The SMILES string of the molecule is C=N/C=C(\N=CC)C(=O)N[C@@H]1C[C@@H](C)OC2OC3C(O[C@]21O)[C@@H](NC)[C@@H](O)[C@@H](NC)[C@@H]3O. The number of likely N-dealkylation sites (N-methyl/N-ethyl adjacent to an activating group) is 2. The number of carbonyl (C=O) groups is 1. The lowest BCUT2D eigenvalue weighted by Crippen LogP contribution is -2.79. The van der Waals surface area contributed by atoms with Gasteiger partial charge in [-0.3, -0.25) is 14.8 Å². The first kappa shape index (κ1) is 24.9. The van der Waals surface area contributed by atoms with Gasteiger partial charge in [0.05, 0.1) is 36.5 Å². The topological polar surface area (TPSA) is 166 Å². The van der Waals surface area contributed by atoms with Crippen LogP contribution in [0, 0.1) is 0 Å². The van der Waals surface area contributed by atoms with Crippen molar-refractivity contribution < 1.29 is 34.3 Å². The zero-order valence-electron chi connectivity index (χ0n) is 18.6. The highest BCUT2D eigenvalue weighted by Gasteiger charge is 2.63. The van der Waals surface area contributed by atoms with Crippen molar-refractivity contribution in [3.63, 3.8) is 0 Å². The van der Waals surface area contributed by atoms with Gasteiger partial charge in [-0.1, -0.05) is 0 Å². The summed E-state index contributed by atoms with van der Waals surface area (Å²) < 4.78 is 17.9. The minimum atomic E-state index is -2.08. The first-order valence-electron chi connectivity index (χ1n) is 10.6. The van der Waals surface area contributed by atoms with Crippen LogP contribution in [0.2, 0.25) is 0 Å². The van der Waals surface area contributed by atoms with E-state index in [4.69, 9.17) is 14.2 Å². The highest BCUT2D eigenvalue weighted by molar-refractivity contribution is 5.94. The largest absolute Gasteiger partial charge is 0.390 e. The van der Waals surface area contributed by atoms with Crippen LogP contribution in [-0.2, 0) is 19.0 Å². The average Bonchev–Trinajstić information content (AvgIpc) is 2.74. The molecule has 3 fully saturated rings. The molecule has 1 saturated carbocycles. The van der Waals surface area contributed by atoms with Crippen molar-refractivity contribution in [2.45, 2.75) is 81.0 Å². The number of amides is 1. The maximum absolute atomic E-state index is 12.8. The highest BCUT2D eigenvalue weighted by Crippen LogP contribution is 2.42. The number of aliphatic imine (C=N–C) groups is 2. The molecule has 0 radical (unpaired) electrons. The first-order valence-corrected chi connectivity index (χ1v) is 10.6. The molecule has 12 nitrogen and oxygen atoms in total. The van der Waals surface area contributed by atoms with Gasteiger partial charge in [-0.2, -0.15) is 0 Å². The van der Waals surface area contributed by atoms with Gasteiger partial charge in [-0.25, -0.2) is 0 Å². The van der Waals surface area contributed by atoms with Crippen LogP contribution in [0.4, 0.5) is 0 Å². The summed E-state index contributed by atoms with van der Waals surface area (Å²) in [5.74, 6) is -2.66. The molecule has 0 aromatic carbocycles. The third-order valence-corrected chi connectivity index (χ3v) is 6.17. The van der Waals surface area contributed by atoms with Gasteiger partial charge in [0.25, 0.3) is 5.91 Å². The second-order valence-corrected chi connectivity index (χ2v) is 8.17. The molecular formula is C20H33N5O7. The Morgan fingerprint density at radius 2 is 1.84 bits per heavy atom. The Morgan fingerprint density at radius 3 is 2.44 bits per heavy atom. The van der Waals surface area contributed by atoms with Crippen LogP contribution < -0.4 is 16.0 Å². The number of aliphatic hydroxyl groups excluding tert-OH is 2. The van der Waals surface area contributed by atoms with Gasteiger partial charge < -0.3 is 45.5 Å². The van der Waals surface area contributed by atoms with Crippen molar-refractivity contribution >= 4 is 18.8 Å². The second kappa shape index (κ2) is 10.0. The minimum absolute atomic E-state index is 0.00451. The Bertz CT molecular complexity index is 765. The molecule has 10 atom stereocenters. The van der Waals surface area contributed by atoms with E-state index in [9.17, 15) is 20.1 Å². The monoisotopic (exact) mass is 455 g/mol. The predicted molar refractivity (Wildman–Crippen MR) is 115 cm³/mol. The molecule has 1 aliphatic carbocycles. The number of ether oxygens (including phenoxy) is 3. The van der Waals surface area contributed by atoms with Crippen LogP contribution in [0.1, 0.15) is 20.3 Å². The third kappa shape index (κ3) is 4.37. The van der Waals surface area contributed by atoms with Crippen LogP contribution in [0.3, 0.4) is 0 Å². The smallest absolute Gasteiger partial charge is 0.271 e. The fourth-order valence-electron chi connectivity index (χ4n) is 4.63. The van der Waals surface area contributed by atoms with Crippen LogP contribution in [0.25, 0.3) is 0 Å². The lowest BCUT2D eigenvalue weighted by Gasteiger charge is -2.58. The second-order valence-electron chi connectivity index (χ2n) is 8.17. The van der Waals surface area contributed by atoms with E-state index in [0.29, 0.717) is 0 Å². The lowest BCUT2D eigenvalue weighted by molar-refractivity contribution is -0.449. The van der Waals surface area contributed by atoms with Gasteiger partial charge in [-0.15, -0.1) is 0 Å². The molecule has 32 heavy (non-hydrogen) atoms. The summed E-state index contributed by atoms with van der Waals surface area (Å²) in [6.07, 6.45) is -2.80. The Morgan fingerprint density at radius 1 is 1.16 bits per heavy atom. The quantitative estimate of drug-likeness (QED) is 0.189. The van der Waals surface area contributed by atoms with Crippen molar-refractivity contribution in [1.82, 2.24) is 16.0 Å². The molecule has 0 aromatic rings. The number of aliphatic hydroxyl groups is 3. The Balaban J connectivity index is 1.90. The highest BCUT2D eigenvalue weighted by atomic mass is 16.8. The van der Waals surface area contributed by atoms with Crippen LogP contribution in [-0.4, -0.2) is 109 Å². The van der Waals surface area contributed by atoms with Gasteiger partial charge in [0.1, 0.15) is 24.0 Å². The molecule has 2 aliphatic heterocycles. The summed E-state index contributed by atoms with van der Waals surface area (Å²) in [5, 5.41) is 41.6. The number of fused-ring (bicyclic) bond motifs is 2. The van der Waals surface area contributed by atoms with Crippen molar-refractivity contribution in [3.8, 4) is 0 Å². The average molecular weight is 456 g/mol. The molecule has 3 unspecified atom stereocenters. The van der Waals surface area contributed by atoms with E-state index in [1.807, 2.05) is 0 Å². The maximum Gasteiger partial charge on any atom is 0.271 e. The van der Waals surface area contributed by atoms with Gasteiger partial charge >= 0.3 is 0 Å². The van der Waals surface area contributed by atoms with E-state index >= 15 is 0 Å². The van der Waals surface area contributed by atoms with E-state index in [1.165, 1.54) is 12.4 Å². The van der Waals surface area contributed by atoms with Gasteiger partial charge in [0.2, 0.25) is 12.1 Å². The summed E-state index contributed by atoms with van der Waals surface area (Å²) >= 11 is 0. The number of hydrogen-bond donors (Lipinski definition) is 6. The molecular weight excluding hydrogens is 422 g/mol. The number of nitrogens with zero attached hydrogens (tertiary/aromatic N) is 2. The Hall–Kier alpha value is -1.77. The predicted octanol–water partition coefficient (Wildman–Crippen LogP) is -2.38. The van der Waals surface area contributed by atoms with E-state index in [2.05, 4.69) is 32.7 Å². The standard InChI is InChI=1S/C20H33N5O7/c1-6-24-10(8-21-3)18(28)25-11-7-9(2)30-19-20(11,29)32-16-13(23-5)14(26)12(22-4)15(27)17(16)31-19/h6,8-9,11-17,19,22-23,26-27,29H,3,7H2,1-2,4-5H3,(H,25,28)/b10-8-,24-6?/t9-,11-,12-,13+,14+,15+,16?,17?,19?,20+/m1/s1. The molecule has 2 heterocycles. The summed E-state index contributed by atoms with van der Waals surface area (Å²) in [4.78, 5) is 20.3. The van der Waals surface area contributed by atoms with Gasteiger partial charge in [0.15, 0.2) is 0 Å². The lowest BCUT2D eigenvalue weighted by atomic mass is 9.79. The number of nitrogens with one attached hydrogen (secondary N) is 3. The molecule has 0 aromatic heterocycles. The van der Waals surface area contributed by atoms with Gasteiger partial charge in [-0.05, 0) is 41.1 Å². The molecule has 6 N–H and O–H groups in total. The summed E-state index contributed by atoms with van der Waals surface area (Å²) in [5.41, 5.74) is 0.00451. The normalized spacial score (nSPS) is 44.6. The van der Waals surface area contributed by atoms with E-state index < -0.39 is 66.6 Å². The Labute approximate surface area is 186 Å². The molecule has 12 heteroatoms. The van der Waals surface area contributed by atoms with Gasteiger partial charge in [0, 0.05) is 6.21 Å². The van der Waals surface area contributed by atoms with Crippen LogP contribution >= 0.6 is 0 Å². The molecule has 0 spiro atoms. The van der Waals surface area contributed by atoms with E-state index in [1.54, 1.807) is 27.9 Å². The fourth-order valence-corrected chi connectivity index (χ4v) is 4.63. The molecule has 1 amide bonds. The van der Waals surface area contributed by atoms with Crippen molar-refractivity contribution in [2.75, 3.05) is 14.1 Å². The van der Waals surface area contributed by atoms with Crippen molar-refractivity contribution in [1.29, 1.82) is 0 Å². The molecule has 2 saturated heterocycles. The maximum atomic E-state index is 12.8. The number of carbonyl (C=O) groups excluding carboxylic acids is 1. The molecule has 3 aliphatic rings. The van der Waals surface area contributed by atoms with E-state index in [0.717, 1.165) is 0 Å². The number of hydrogen-bond acceptors (Lipinski definition) is 11. The zero-order valence-corrected chi connectivity index (χ0v) is 18.6. The zero-order chi connectivity index (χ0) is 23.6. The fraction of sp³-hybridized carbons (Fsp3) is 0.750. The first-order chi connectivity index (χ1) is 15.2. The molecule has 0 bridgehead atoms. The summed E-state index contributed by atoms with van der Waals surface area (Å²) in [6.45, 7) is 6.76.